The van der Waals surface area contributed by atoms with Crippen LogP contribution in [0.2, 0.25) is 0 Å². The minimum absolute atomic E-state index is 0.120. The van der Waals surface area contributed by atoms with Crippen LogP contribution in [0.5, 0.6) is 5.88 Å². The van der Waals surface area contributed by atoms with E-state index in [0.29, 0.717) is 0 Å². The van der Waals surface area contributed by atoms with Crippen molar-refractivity contribution in [3.05, 3.63) is 11.8 Å². The van der Waals surface area contributed by atoms with Crippen LogP contribution in [0.15, 0.2) is 6.07 Å². The summed E-state index contributed by atoms with van der Waals surface area (Å²) >= 11 is 0. The molecule has 21 heavy (non-hydrogen) atoms. The first-order valence-corrected chi connectivity index (χ1v) is 7.95. The summed E-state index contributed by atoms with van der Waals surface area (Å²) in [5, 5.41) is 3.88. The van der Waals surface area contributed by atoms with Gasteiger partial charge in [-0.3, -0.25) is 0 Å². The fraction of sp³-hybridized carbons (Fsp3) is 0.545. The Bertz CT molecular complexity index is 648. The SMILES string of the molecule is CN(C)C(=O)Oc1cc(CS(C)(=O)=O)nn1C(=O)N(C)C. The molecule has 2 amide bonds. The molecular formula is C11H18N4O5S. The predicted octanol–water partition coefficient (Wildman–Crippen LogP) is 0.0178. The lowest BCUT2D eigenvalue weighted by Crippen LogP contribution is -2.31. The second kappa shape index (κ2) is 6.12. The van der Waals surface area contributed by atoms with E-state index in [4.69, 9.17) is 4.74 Å². The van der Waals surface area contributed by atoms with Crippen LogP contribution in [0, 0.1) is 0 Å². The number of hydrogen-bond donors (Lipinski definition) is 0. The van der Waals surface area contributed by atoms with Gasteiger partial charge >= 0.3 is 12.1 Å². The van der Waals surface area contributed by atoms with Crippen molar-refractivity contribution < 1.29 is 22.7 Å². The minimum atomic E-state index is -3.32. The Morgan fingerprint density at radius 3 is 2.24 bits per heavy atom. The normalized spacial score (nSPS) is 11.1. The van der Waals surface area contributed by atoms with E-state index < -0.39 is 22.0 Å². The predicted molar refractivity (Wildman–Crippen MR) is 75.0 cm³/mol. The van der Waals surface area contributed by atoms with Crippen molar-refractivity contribution in [1.82, 2.24) is 19.6 Å². The van der Waals surface area contributed by atoms with Gasteiger partial charge in [0, 0.05) is 40.5 Å². The van der Waals surface area contributed by atoms with Crippen LogP contribution in [0.25, 0.3) is 0 Å². The molecule has 0 bridgehead atoms. The maximum Gasteiger partial charge on any atom is 0.416 e. The molecule has 0 aromatic carbocycles. The molecule has 0 fully saturated rings. The molecule has 0 N–H and O–H groups in total. The average molecular weight is 318 g/mol. The molecular weight excluding hydrogens is 300 g/mol. The fourth-order valence-corrected chi connectivity index (χ4v) is 2.01. The standard InChI is InChI=1S/C11H18N4O5S/c1-13(2)10(16)15-9(20-11(17)14(3)4)6-8(12-15)7-21(5,18)19/h6H,7H2,1-5H3. The van der Waals surface area contributed by atoms with E-state index in [9.17, 15) is 18.0 Å². The van der Waals surface area contributed by atoms with Gasteiger partial charge in [0.05, 0.1) is 11.4 Å². The van der Waals surface area contributed by atoms with Gasteiger partial charge in [0.2, 0.25) is 5.88 Å². The molecule has 1 heterocycles. The molecule has 0 unspecified atom stereocenters. The maximum atomic E-state index is 12.0. The van der Waals surface area contributed by atoms with Crippen LogP contribution in [0.1, 0.15) is 5.69 Å². The highest BCUT2D eigenvalue weighted by molar-refractivity contribution is 7.89. The Labute approximate surface area is 123 Å². The van der Waals surface area contributed by atoms with Crippen LogP contribution in [0.3, 0.4) is 0 Å². The molecule has 0 radical (unpaired) electrons. The topological polar surface area (TPSA) is 102 Å². The molecule has 0 saturated carbocycles. The van der Waals surface area contributed by atoms with Gasteiger partial charge in [0.25, 0.3) is 0 Å². The quantitative estimate of drug-likeness (QED) is 0.778. The first-order valence-electron chi connectivity index (χ1n) is 5.88. The van der Waals surface area contributed by atoms with Gasteiger partial charge in [-0.2, -0.15) is 5.10 Å². The molecule has 0 aliphatic heterocycles. The summed E-state index contributed by atoms with van der Waals surface area (Å²) in [5.41, 5.74) is 0.120. The molecule has 0 spiro atoms. The third kappa shape index (κ3) is 4.74. The van der Waals surface area contributed by atoms with E-state index in [1.807, 2.05) is 0 Å². The van der Waals surface area contributed by atoms with E-state index in [1.165, 1.54) is 44.1 Å². The molecule has 0 aliphatic rings. The van der Waals surface area contributed by atoms with Gasteiger partial charge in [0.15, 0.2) is 9.84 Å². The van der Waals surface area contributed by atoms with Crippen molar-refractivity contribution in [2.75, 3.05) is 34.4 Å². The Balaban J connectivity index is 3.19. The second-order valence-corrected chi connectivity index (χ2v) is 7.04. The number of rotatable bonds is 3. The first-order chi connectivity index (χ1) is 9.51. The zero-order valence-corrected chi connectivity index (χ0v) is 13.3. The fourth-order valence-electron chi connectivity index (χ4n) is 1.33. The van der Waals surface area contributed by atoms with Crippen molar-refractivity contribution >= 4 is 22.0 Å². The molecule has 10 heteroatoms. The van der Waals surface area contributed by atoms with Gasteiger partial charge in [-0.15, -0.1) is 4.68 Å². The number of amides is 2. The summed E-state index contributed by atoms with van der Waals surface area (Å²) in [6, 6.07) is 0.695. The number of carbonyl (C=O) groups excluding carboxylic acids is 2. The van der Waals surface area contributed by atoms with Gasteiger partial charge in [-0.1, -0.05) is 0 Å². The van der Waals surface area contributed by atoms with Gasteiger partial charge in [-0.05, 0) is 0 Å². The van der Waals surface area contributed by atoms with Gasteiger partial charge in [0.1, 0.15) is 0 Å². The van der Waals surface area contributed by atoms with Crippen LogP contribution < -0.4 is 4.74 Å². The Morgan fingerprint density at radius 1 is 1.24 bits per heavy atom. The molecule has 9 nitrogen and oxygen atoms in total. The van der Waals surface area contributed by atoms with Crippen LogP contribution in [-0.4, -0.2) is 74.6 Å². The van der Waals surface area contributed by atoms with Gasteiger partial charge < -0.3 is 14.5 Å². The van der Waals surface area contributed by atoms with Crippen molar-refractivity contribution in [1.29, 1.82) is 0 Å². The highest BCUT2D eigenvalue weighted by Gasteiger charge is 2.21. The summed E-state index contributed by atoms with van der Waals surface area (Å²) in [6.07, 6.45) is 0.347. The molecule has 0 atom stereocenters. The third-order valence-electron chi connectivity index (χ3n) is 2.26. The zero-order chi connectivity index (χ0) is 16.4. The van der Waals surface area contributed by atoms with Crippen molar-refractivity contribution in [3.8, 4) is 5.88 Å². The van der Waals surface area contributed by atoms with E-state index in [-0.39, 0.29) is 17.3 Å². The Kier molecular flexibility index (Phi) is 4.94. The monoisotopic (exact) mass is 318 g/mol. The smallest absolute Gasteiger partial charge is 0.391 e. The van der Waals surface area contributed by atoms with Crippen molar-refractivity contribution in [3.63, 3.8) is 0 Å². The van der Waals surface area contributed by atoms with E-state index in [2.05, 4.69) is 5.10 Å². The summed E-state index contributed by atoms with van der Waals surface area (Å²) in [6.45, 7) is 0. The third-order valence-corrected chi connectivity index (χ3v) is 3.08. The number of carbonyl (C=O) groups is 2. The van der Waals surface area contributed by atoms with Crippen LogP contribution >= 0.6 is 0 Å². The second-order valence-electron chi connectivity index (χ2n) is 4.90. The molecule has 0 aliphatic carbocycles. The summed E-state index contributed by atoms with van der Waals surface area (Å²) in [7, 11) is 2.63. The maximum absolute atomic E-state index is 12.0. The van der Waals surface area contributed by atoms with E-state index in [1.54, 1.807) is 0 Å². The van der Waals surface area contributed by atoms with Gasteiger partial charge in [-0.25, -0.2) is 18.0 Å². The van der Waals surface area contributed by atoms with Crippen LogP contribution in [-0.2, 0) is 15.6 Å². The highest BCUT2D eigenvalue weighted by atomic mass is 32.2. The largest absolute Gasteiger partial charge is 0.416 e. The molecule has 0 saturated heterocycles. The van der Waals surface area contributed by atoms with E-state index >= 15 is 0 Å². The minimum Gasteiger partial charge on any atom is -0.391 e. The number of ether oxygens (including phenoxy) is 1. The molecule has 118 valence electrons. The molecule has 1 rings (SSSR count). The molecule has 1 aromatic rings. The number of sulfone groups is 1. The molecule has 1 aromatic heterocycles. The lowest BCUT2D eigenvalue weighted by Gasteiger charge is -2.13. The first kappa shape index (κ1) is 17.0. The number of aromatic nitrogens is 2. The lowest BCUT2D eigenvalue weighted by atomic mass is 10.5. The highest BCUT2D eigenvalue weighted by Crippen LogP contribution is 2.17. The lowest BCUT2D eigenvalue weighted by molar-refractivity contribution is 0.166. The van der Waals surface area contributed by atoms with Crippen molar-refractivity contribution in [2.45, 2.75) is 5.75 Å². The zero-order valence-electron chi connectivity index (χ0n) is 12.5. The summed E-state index contributed by atoms with van der Waals surface area (Å²) < 4.78 is 28.5. The average Bonchev–Trinajstić information content (AvgIpc) is 2.67. The summed E-state index contributed by atoms with van der Waals surface area (Å²) in [4.78, 5) is 25.9. The van der Waals surface area contributed by atoms with Crippen molar-refractivity contribution in [2.24, 2.45) is 0 Å². The van der Waals surface area contributed by atoms with Crippen LogP contribution in [0.4, 0.5) is 9.59 Å². The number of hydrogen-bond acceptors (Lipinski definition) is 6. The Hall–Kier alpha value is -2.10. The Morgan fingerprint density at radius 2 is 1.81 bits per heavy atom. The summed E-state index contributed by atoms with van der Waals surface area (Å²) in [5.74, 6) is -0.487. The van der Waals surface area contributed by atoms with E-state index in [0.717, 1.165) is 10.9 Å². The number of nitrogens with zero attached hydrogens (tertiary/aromatic N) is 4.